The molecule has 0 aromatic heterocycles. The first-order valence-electron chi connectivity index (χ1n) is 6.39. The fourth-order valence-electron chi connectivity index (χ4n) is 3.39. The first kappa shape index (κ1) is 11.7. The number of aliphatic hydroxyl groups is 1. The van der Waals surface area contributed by atoms with Crippen LogP contribution in [0.3, 0.4) is 0 Å². The van der Waals surface area contributed by atoms with E-state index in [0.29, 0.717) is 5.92 Å². The van der Waals surface area contributed by atoms with Crippen LogP contribution in [0.25, 0.3) is 0 Å². The Morgan fingerprint density at radius 2 is 2.06 bits per heavy atom. The summed E-state index contributed by atoms with van der Waals surface area (Å²) >= 11 is 0. The Balaban J connectivity index is 2.35. The van der Waals surface area contributed by atoms with Gasteiger partial charge in [0.05, 0.1) is 6.10 Å². The summed E-state index contributed by atoms with van der Waals surface area (Å²) in [4.78, 5) is 0. The van der Waals surface area contributed by atoms with Gasteiger partial charge in [-0.2, -0.15) is 0 Å². The normalized spacial score (nSPS) is 31.6. The Hall–Kier alpha value is -0.820. The van der Waals surface area contributed by atoms with Crippen molar-refractivity contribution in [3.05, 3.63) is 35.9 Å². The van der Waals surface area contributed by atoms with Crippen LogP contribution in [0.4, 0.5) is 0 Å². The molecule has 0 aliphatic heterocycles. The van der Waals surface area contributed by atoms with E-state index in [1.54, 1.807) is 0 Å². The SMILES string of the molecule is C[C@H](O)C[C@@]1(c2ccccc2)CCC[C@H]1C. The molecule has 16 heavy (non-hydrogen) atoms. The summed E-state index contributed by atoms with van der Waals surface area (Å²) in [6.45, 7) is 4.25. The lowest BCUT2D eigenvalue weighted by atomic mass is 9.69. The Bertz CT molecular complexity index is 331. The van der Waals surface area contributed by atoms with Crippen molar-refractivity contribution >= 4 is 0 Å². The van der Waals surface area contributed by atoms with Gasteiger partial charge >= 0.3 is 0 Å². The van der Waals surface area contributed by atoms with Gasteiger partial charge in [0, 0.05) is 5.41 Å². The second kappa shape index (κ2) is 4.58. The van der Waals surface area contributed by atoms with E-state index in [9.17, 15) is 5.11 Å². The number of hydrogen-bond donors (Lipinski definition) is 1. The van der Waals surface area contributed by atoms with E-state index in [4.69, 9.17) is 0 Å². The lowest BCUT2D eigenvalue weighted by Gasteiger charge is -2.35. The average Bonchev–Trinajstić information content (AvgIpc) is 2.62. The molecular formula is C15H22O. The van der Waals surface area contributed by atoms with Gasteiger partial charge in [0.1, 0.15) is 0 Å². The minimum absolute atomic E-state index is 0.208. The molecule has 2 rings (SSSR count). The molecule has 3 atom stereocenters. The second-order valence-corrected chi connectivity index (χ2v) is 5.37. The van der Waals surface area contributed by atoms with E-state index < -0.39 is 0 Å². The molecule has 88 valence electrons. The van der Waals surface area contributed by atoms with Crippen LogP contribution in [0.1, 0.15) is 45.1 Å². The van der Waals surface area contributed by atoms with Crippen LogP contribution in [0.2, 0.25) is 0 Å². The Morgan fingerprint density at radius 3 is 2.56 bits per heavy atom. The third-order valence-electron chi connectivity index (χ3n) is 4.21. The van der Waals surface area contributed by atoms with E-state index in [-0.39, 0.29) is 11.5 Å². The van der Waals surface area contributed by atoms with E-state index in [1.807, 2.05) is 6.92 Å². The predicted octanol–water partition coefficient (Wildman–Crippen LogP) is 3.52. The minimum Gasteiger partial charge on any atom is -0.393 e. The highest BCUT2D eigenvalue weighted by Crippen LogP contribution is 2.48. The predicted molar refractivity (Wildman–Crippen MR) is 67.4 cm³/mol. The molecule has 1 N–H and O–H groups in total. The highest BCUT2D eigenvalue weighted by molar-refractivity contribution is 5.28. The highest BCUT2D eigenvalue weighted by atomic mass is 16.3. The molecule has 1 aliphatic rings. The van der Waals surface area contributed by atoms with Crippen molar-refractivity contribution in [2.45, 2.75) is 51.0 Å². The fraction of sp³-hybridized carbons (Fsp3) is 0.600. The number of rotatable bonds is 3. The van der Waals surface area contributed by atoms with Crippen molar-refractivity contribution in [3.8, 4) is 0 Å². The van der Waals surface area contributed by atoms with Crippen LogP contribution in [0, 0.1) is 5.92 Å². The van der Waals surface area contributed by atoms with Crippen LogP contribution in [0.15, 0.2) is 30.3 Å². The Kier molecular flexibility index (Phi) is 3.34. The second-order valence-electron chi connectivity index (χ2n) is 5.37. The average molecular weight is 218 g/mol. The number of hydrogen-bond acceptors (Lipinski definition) is 1. The van der Waals surface area contributed by atoms with E-state index >= 15 is 0 Å². The fourth-order valence-corrected chi connectivity index (χ4v) is 3.39. The summed E-state index contributed by atoms with van der Waals surface area (Å²) in [5.41, 5.74) is 1.64. The van der Waals surface area contributed by atoms with Crippen LogP contribution < -0.4 is 0 Å². The van der Waals surface area contributed by atoms with Gasteiger partial charge in [-0.15, -0.1) is 0 Å². The molecule has 1 aliphatic carbocycles. The van der Waals surface area contributed by atoms with E-state index in [0.717, 1.165) is 6.42 Å². The van der Waals surface area contributed by atoms with Gasteiger partial charge in [-0.25, -0.2) is 0 Å². The molecule has 1 saturated carbocycles. The summed E-state index contributed by atoms with van der Waals surface area (Å²) in [6.07, 6.45) is 4.51. The first-order chi connectivity index (χ1) is 7.65. The van der Waals surface area contributed by atoms with Gasteiger partial charge in [-0.05, 0) is 37.7 Å². The van der Waals surface area contributed by atoms with Crippen molar-refractivity contribution in [1.82, 2.24) is 0 Å². The monoisotopic (exact) mass is 218 g/mol. The molecule has 0 bridgehead atoms. The van der Waals surface area contributed by atoms with Gasteiger partial charge in [0.2, 0.25) is 0 Å². The molecule has 1 heteroatoms. The van der Waals surface area contributed by atoms with Crippen molar-refractivity contribution < 1.29 is 5.11 Å². The summed E-state index contributed by atoms with van der Waals surface area (Å²) in [5.74, 6) is 0.685. The van der Waals surface area contributed by atoms with Crippen molar-refractivity contribution in [3.63, 3.8) is 0 Å². The van der Waals surface area contributed by atoms with Crippen molar-refractivity contribution in [1.29, 1.82) is 0 Å². The van der Waals surface area contributed by atoms with Gasteiger partial charge in [-0.1, -0.05) is 43.7 Å². The zero-order valence-corrected chi connectivity index (χ0v) is 10.3. The first-order valence-corrected chi connectivity index (χ1v) is 6.39. The number of benzene rings is 1. The molecule has 1 aromatic rings. The number of aliphatic hydroxyl groups excluding tert-OH is 1. The quantitative estimate of drug-likeness (QED) is 0.823. The molecular weight excluding hydrogens is 196 g/mol. The van der Waals surface area contributed by atoms with Crippen LogP contribution in [-0.2, 0) is 5.41 Å². The summed E-state index contributed by atoms with van der Waals surface area (Å²) in [5, 5.41) is 9.76. The molecule has 0 radical (unpaired) electrons. The van der Waals surface area contributed by atoms with Gasteiger partial charge in [0.25, 0.3) is 0 Å². The highest BCUT2D eigenvalue weighted by Gasteiger charge is 2.42. The van der Waals surface area contributed by atoms with Crippen molar-refractivity contribution in [2.75, 3.05) is 0 Å². The summed E-state index contributed by atoms with van der Waals surface area (Å²) in [7, 11) is 0. The molecule has 1 fully saturated rings. The summed E-state index contributed by atoms with van der Waals surface area (Å²) < 4.78 is 0. The van der Waals surface area contributed by atoms with Gasteiger partial charge < -0.3 is 5.11 Å². The zero-order valence-electron chi connectivity index (χ0n) is 10.3. The summed E-state index contributed by atoms with van der Waals surface area (Å²) in [6, 6.07) is 10.8. The maximum absolute atomic E-state index is 9.76. The van der Waals surface area contributed by atoms with Crippen LogP contribution in [-0.4, -0.2) is 11.2 Å². The third kappa shape index (κ3) is 2.01. The minimum atomic E-state index is -0.208. The van der Waals surface area contributed by atoms with E-state index in [2.05, 4.69) is 37.3 Å². The van der Waals surface area contributed by atoms with E-state index in [1.165, 1.54) is 24.8 Å². The van der Waals surface area contributed by atoms with Gasteiger partial charge in [0.15, 0.2) is 0 Å². The maximum Gasteiger partial charge on any atom is 0.0520 e. The Labute approximate surface area is 98.5 Å². The maximum atomic E-state index is 9.76. The van der Waals surface area contributed by atoms with Gasteiger partial charge in [-0.3, -0.25) is 0 Å². The smallest absolute Gasteiger partial charge is 0.0520 e. The largest absolute Gasteiger partial charge is 0.393 e. The standard InChI is InChI=1S/C15H22O/c1-12-7-6-10-15(12,11-13(2)16)14-8-4-3-5-9-14/h3-5,8-9,12-13,16H,6-7,10-11H2,1-2H3/t12-,13+,15+/m1/s1. The Morgan fingerprint density at radius 1 is 1.38 bits per heavy atom. The van der Waals surface area contributed by atoms with Crippen LogP contribution >= 0.6 is 0 Å². The molecule has 0 spiro atoms. The molecule has 0 saturated heterocycles. The molecule has 0 unspecified atom stereocenters. The topological polar surface area (TPSA) is 20.2 Å². The van der Waals surface area contributed by atoms with Crippen LogP contribution in [0.5, 0.6) is 0 Å². The lowest BCUT2D eigenvalue weighted by Crippen LogP contribution is -2.32. The molecule has 0 heterocycles. The lowest BCUT2D eigenvalue weighted by molar-refractivity contribution is 0.132. The molecule has 1 aromatic carbocycles. The third-order valence-corrected chi connectivity index (χ3v) is 4.21. The molecule has 1 nitrogen and oxygen atoms in total. The zero-order chi connectivity index (χ0) is 11.6. The van der Waals surface area contributed by atoms with Crippen molar-refractivity contribution in [2.24, 2.45) is 5.92 Å². The molecule has 0 amide bonds.